The van der Waals surface area contributed by atoms with E-state index >= 15 is 0 Å². The molecule has 0 spiro atoms. The van der Waals surface area contributed by atoms with E-state index in [1.54, 1.807) is 0 Å². The first-order valence-corrected chi connectivity index (χ1v) is 12.0. The van der Waals surface area contributed by atoms with Crippen LogP contribution in [-0.4, -0.2) is 4.98 Å². The van der Waals surface area contributed by atoms with Crippen molar-refractivity contribution in [2.24, 2.45) is 0 Å². The topological polar surface area (TPSA) is 27.0 Å². The van der Waals surface area contributed by atoms with E-state index in [1.165, 1.54) is 22.3 Å². The van der Waals surface area contributed by atoms with E-state index in [4.69, 9.17) is 10.3 Å². The van der Waals surface area contributed by atoms with Crippen LogP contribution in [0.25, 0.3) is 16.6 Å². The summed E-state index contributed by atoms with van der Waals surface area (Å²) in [4.78, 5) is 5.08. The average molecular weight is 641 g/mol. The van der Waals surface area contributed by atoms with Crippen LogP contribution in [-0.2, 0) is 38.7 Å². The second-order valence-corrected chi connectivity index (χ2v) is 8.54. The van der Waals surface area contributed by atoms with Crippen molar-refractivity contribution in [2.45, 2.75) is 52.5 Å². The van der Waals surface area contributed by atoms with Gasteiger partial charge >= 0.3 is 0 Å². The third-order valence-corrected chi connectivity index (χ3v) is 6.02. The summed E-state index contributed by atoms with van der Waals surface area (Å²) in [6.07, 6.45) is 4.27. The van der Waals surface area contributed by atoms with Crippen LogP contribution in [0.4, 0.5) is 5.69 Å². The van der Waals surface area contributed by atoms with Crippen LogP contribution in [0, 0.1) is 27.8 Å². The third-order valence-electron chi connectivity index (χ3n) is 6.02. The van der Waals surface area contributed by atoms with Crippen molar-refractivity contribution in [2.75, 3.05) is 0 Å². The molecule has 1 unspecified atom stereocenters. The minimum Gasteiger partial charge on any atom is -0.673 e. The molecule has 0 radical (unpaired) electrons. The molecule has 36 heavy (non-hydrogen) atoms. The van der Waals surface area contributed by atoms with E-state index in [1.807, 2.05) is 18.2 Å². The Morgan fingerprint density at radius 2 is 1.42 bits per heavy atom. The molecule has 2 nitrogen and oxygen atoms in total. The molecule has 0 saturated carbocycles. The van der Waals surface area contributed by atoms with Gasteiger partial charge in [0, 0.05) is 31.5 Å². The van der Waals surface area contributed by atoms with Gasteiger partial charge in [-0.05, 0) is 43.1 Å². The zero-order valence-electron chi connectivity index (χ0n) is 22.4. The van der Waals surface area contributed by atoms with Crippen molar-refractivity contribution in [3.63, 3.8) is 0 Å². The van der Waals surface area contributed by atoms with Crippen LogP contribution in [0.1, 0.15) is 60.7 Å². The van der Waals surface area contributed by atoms with E-state index in [9.17, 15) is 0 Å². The van der Waals surface area contributed by atoms with Crippen LogP contribution in [0.5, 0.6) is 0 Å². The van der Waals surface area contributed by atoms with Gasteiger partial charge in [0.15, 0.2) is 0 Å². The van der Waals surface area contributed by atoms with Crippen molar-refractivity contribution < 1.29 is 25.8 Å². The van der Waals surface area contributed by atoms with Crippen molar-refractivity contribution in [1.82, 2.24) is 4.98 Å². The maximum absolute atomic E-state index is 5.46. The standard InChI is InChI=1S/C31H32N2.2CH3.Hf/c1-4-13-25-18-11-19-26(14-5-2)30(25)33-31(27-20-10-9-15-23(27)3)29-22-12-21-28(32-29)24-16-7-6-8-17-24;;;/h6-12,15-16,18-22,31H,4-5,13-14H2,1-3H3;2*1H3;/q-2;2*-1;. The molecule has 1 heterocycles. The molecule has 1 aromatic heterocycles. The van der Waals surface area contributed by atoms with Crippen molar-refractivity contribution in [3.8, 4) is 11.3 Å². The molecule has 0 amide bonds. The normalized spacial score (nSPS) is 10.9. The summed E-state index contributed by atoms with van der Waals surface area (Å²) < 4.78 is 0. The Hall–Kier alpha value is -2.52. The number of benzene rings is 3. The first kappa shape index (κ1) is 31.5. The summed E-state index contributed by atoms with van der Waals surface area (Å²) in [5, 5.41) is 5.46. The number of pyridine rings is 1. The number of para-hydroxylation sites is 1. The number of hydrogen-bond donors (Lipinski definition) is 0. The zero-order chi connectivity index (χ0) is 23.0. The Labute approximate surface area is 238 Å². The monoisotopic (exact) mass is 642 g/mol. The molecule has 0 N–H and O–H groups in total. The molecule has 188 valence electrons. The van der Waals surface area contributed by atoms with Crippen LogP contribution in [0.3, 0.4) is 0 Å². The van der Waals surface area contributed by atoms with Gasteiger partial charge in [-0.2, -0.15) is 0 Å². The molecule has 3 aromatic carbocycles. The molecule has 4 rings (SSSR count). The quantitative estimate of drug-likeness (QED) is 0.132. The maximum atomic E-state index is 5.46. The molecule has 0 saturated heterocycles. The van der Waals surface area contributed by atoms with Crippen LogP contribution < -0.4 is 0 Å². The fourth-order valence-electron chi connectivity index (χ4n) is 4.38. The Kier molecular flexibility index (Phi) is 13.6. The number of hydrogen-bond acceptors (Lipinski definition) is 1. The summed E-state index contributed by atoms with van der Waals surface area (Å²) in [7, 11) is 0. The van der Waals surface area contributed by atoms with Crippen LogP contribution >= 0.6 is 0 Å². The Morgan fingerprint density at radius 3 is 2.03 bits per heavy atom. The summed E-state index contributed by atoms with van der Waals surface area (Å²) in [5.41, 5.74) is 9.13. The van der Waals surface area contributed by atoms with Gasteiger partial charge < -0.3 is 25.2 Å². The molecule has 0 fully saturated rings. The largest absolute Gasteiger partial charge is 0.673 e. The Bertz CT molecular complexity index is 1160. The van der Waals surface area contributed by atoms with Gasteiger partial charge in [0.05, 0.1) is 0 Å². The first-order valence-electron chi connectivity index (χ1n) is 12.0. The summed E-state index contributed by atoms with van der Waals surface area (Å²) >= 11 is 0. The predicted molar refractivity (Wildman–Crippen MR) is 152 cm³/mol. The van der Waals surface area contributed by atoms with Gasteiger partial charge in [-0.3, -0.25) is 0 Å². The van der Waals surface area contributed by atoms with Gasteiger partial charge in [-0.15, -0.1) is 41.6 Å². The van der Waals surface area contributed by atoms with E-state index in [-0.39, 0.29) is 46.7 Å². The summed E-state index contributed by atoms with van der Waals surface area (Å²) in [6.45, 7) is 6.63. The molecular formula is C33H38HfN2-4. The fourth-order valence-corrected chi connectivity index (χ4v) is 4.38. The van der Waals surface area contributed by atoms with Gasteiger partial charge in [-0.1, -0.05) is 98.0 Å². The Morgan fingerprint density at radius 1 is 0.778 bits per heavy atom. The molecular weight excluding hydrogens is 603 g/mol. The van der Waals surface area contributed by atoms with Gasteiger partial charge in [0.25, 0.3) is 0 Å². The van der Waals surface area contributed by atoms with Crippen molar-refractivity contribution >= 4 is 5.69 Å². The molecule has 3 heteroatoms. The van der Waals surface area contributed by atoms with E-state index in [0.29, 0.717) is 0 Å². The van der Waals surface area contributed by atoms with Gasteiger partial charge in [0.2, 0.25) is 0 Å². The molecule has 1 atom stereocenters. The van der Waals surface area contributed by atoms with E-state index < -0.39 is 0 Å². The number of nitrogens with zero attached hydrogens (tertiary/aromatic N) is 2. The maximum Gasteiger partial charge on any atom is 0.0195 e. The minimum atomic E-state index is -0.163. The van der Waals surface area contributed by atoms with Crippen LogP contribution in [0.2, 0.25) is 0 Å². The number of rotatable bonds is 9. The van der Waals surface area contributed by atoms with Crippen LogP contribution in [0.15, 0.2) is 84.9 Å². The average Bonchev–Trinajstić information content (AvgIpc) is 2.85. The molecule has 0 bridgehead atoms. The zero-order valence-corrected chi connectivity index (χ0v) is 26.0. The minimum absolute atomic E-state index is 0. The third kappa shape index (κ3) is 7.49. The molecule has 0 aliphatic carbocycles. The summed E-state index contributed by atoms with van der Waals surface area (Å²) in [5.74, 6) is 0. The SMILES string of the molecule is CCCc1cccc(CCC)c1[N-]C(c1cccc(-c2[c-]cccc2)n1)c1ccccc1C.[CH3-].[CH3-].[Hf]. The molecule has 0 aliphatic heterocycles. The van der Waals surface area contributed by atoms with Crippen molar-refractivity contribution in [3.05, 3.63) is 139 Å². The van der Waals surface area contributed by atoms with Gasteiger partial charge in [-0.25, -0.2) is 0 Å². The number of aromatic nitrogens is 1. The predicted octanol–water partition coefficient (Wildman–Crippen LogP) is 9.46. The molecule has 4 aromatic rings. The first-order chi connectivity index (χ1) is 16.2. The van der Waals surface area contributed by atoms with Gasteiger partial charge in [0.1, 0.15) is 0 Å². The van der Waals surface area contributed by atoms with E-state index in [2.05, 4.69) is 93.6 Å². The second kappa shape index (κ2) is 15.6. The molecule has 0 aliphatic rings. The summed E-state index contributed by atoms with van der Waals surface area (Å²) in [6, 6.07) is 32.6. The van der Waals surface area contributed by atoms with E-state index in [0.717, 1.165) is 48.3 Å². The number of aryl methyl sites for hydroxylation is 3. The fraction of sp³-hybridized carbons (Fsp3) is 0.242. The smallest absolute Gasteiger partial charge is 0.0195 e. The second-order valence-electron chi connectivity index (χ2n) is 8.54. The van der Waals surface area contributed by atoms with Crippen molar-refractivity contribution in [1.29, 1.82) is 0 Å². The Balaban J connectivity index is 0.00000216.